The third kappa shape index (κ3) is 2.29. The highest BCUT2D eigenvalue weighted by Crippen LogP contribution is 2.30. The first-order chi connectivity index (χ1) is 9.99. The van der Waals surface area contributed by atoms with Crippen molar-refractivity contribution in [3.63, 3.8) is 0 Å². The highest BCUT2D eigenvalue weighted by atomic mass is 35.5. The standard InChI is InChI=1S/C14H15ClFN5/c1-8(15)13-18-11-5-4-10(16)6-12(11)21(13)9(2)14-19-17-7-20(14)3/h4-9H,1-3H3. The summed E-state index contributed by atoms with van der Waals surface area (Å²) in [7, 11) is 1.87. The molecule has 2 unspecified atom stereocenters. The Bertz CT molecular complexity index is 792. The molecule has 0 bridgehead atoms. The van der Waals surface area contributed by atoms with Crippen molar-refractivity contribution < 1.29 is 4.39 Å². The van der Waals surface area contributed by atoms with Crippen LogP contribution in [0.25, 0.3) is 11.0 Å². The molecule has 5 nitrogen and oxygen atoms in total. The van der Waals surface area contributed by atoms with Gasteiger partial charge in [-0.15, -0.1) is 21.8 Å². The van der Waals surface area contributed by atoms with E-state index in [9.17, 15) is 4.39 Å². The molecule has 2 atom stereocenters. The Hall–Kier alpha value is -1.95. The van der Waals surface area contributed by atoms with Crippen molar-refractivity contribution in [3.8, 4) is 0 Å². The fourth-order valence-corrected chi connectivity index (χ4v) is 2.71. The maximum Gasteiger partial charge on any atom is 0.155 e. The summed E-state index contributed by atoms with van der Waals surface area (Å²) in [4.78, 5) is 4.52. The second kappa shape index (κ2) is 5.11. The third-order valence-electron chi connectivity index (χ3n) is 3.54. The Morgan fingerprint density at radius 3 is 2.62 bits per heavy atom. The number of aryl methyl sites for hydroxylation is 1. The molecular formula is C14H15ClFN5. The third-order valence-corrected chi connectivity index (χ3v) is 3.74. The maximum atomic E-state index is 13.6. The number of fused-ring (bicyclic) bond motifs is 1. The first-order valence-corrected chi connectivity index (χ1v) is 7.08. The molecule has 0 radical (unpaired) electrons. The van der Waals surface area contributed by atoms with Gasteiger partial charge in [0.1, 0.15) is 18.0 Å². The topological polar surface area (TPSA) is 48.5 Å². The molecule has 0 aliphatic carbocycles. The highest BCUT2D eigenvalue weighted by molar-refractivity contribution is 6.20. The van der Waals surface area contributed by atoms with E-state index in [0.29, 0.717) is 16.9 Å². The second-order valence-electron chi connectivity index (χ2n) is 5.07. The Kier molecular flexibility index (Phi) is 3.41. The van der Waals surface area contributed by atoms with Crippen LogP contribution in [0.3, 0.4) is 0 Å². The van der Waals surface area contributed by atoms with E-state index in [1.54, 1.807) is 12.4 Å². The molecule has 0 saturated heterocycles. The molecule has 0 N–H and O–H groups in total. The van der Waals surface area contributed by atoms with E-state index in [2.05, 4.69) is 15.2 Å². The smallest absolute Gasteiger partial charge is 0.155 e. The van der Waals surface area contributed by atoms with Gasteiger partial charge in [-0.25, -0.2) is 9.37 Å². The van der Waals surface area contributed by atoms with Gasteiger partial charge in [-0.1, -0.05) is 0 Å². The summed E-state index contributed by atoms with van der Waals surface area (Å²) in [6.45, 7) is 3.82. The van der Waals surface area contributed by atoms with E-state index >= 15 is 0 Å². The zero-order valence-corrected chi connectivity index (χ0v) is 12.7. The second-order valence-corrected chi connectivity index (χ2v) is 5.72. The average Bonchev–Trinajstić information content (AvgIpc) is 3.01. The van der Waals surface area contributed by atoms with Gasteiger partial charge in [0, 0.05) is 7.05 Å². The largest absolute Gasteiger partial charge is 0.319 e. The van der Waals surface area contributed by atoms with Crippen LogP contribution in [0.2, 0.25) is 0 Å². The van der Waals surface area contributed by atoms with Gasteiger partial charge < -0.3 is 9.13 Å². The lowest BCUT2D eigenvalue weighted by molar-refractivity contribution is 0.561. The number of alkyl halides is 1. The molecule has 0 saturated carbocycles. The van der Waals surface area contributed by atoms with Crippen molar-refractivity contribution in [2.24, 2.45) is 7.05 Å². The van der Waals surface area contributed by atoms with Gasteiger partial charge >= 0.3 is 0 Å². The van der Waals surface area contributed by atoms with Crippen molar-refractivity contribution in [3.05, 3.63) is 42.0 Å². The van der Waals surface area contributed by atoms with E-state index in [4.69, 9.17) is 11.6 Å². The van der Waals surface area contributed by atoms with Gasteiger partial charge in [0.2, 0.25) is 0 Å². The zero-order chi connectivity index (χ0) is 15.1. The van der Waals surface area contributed by atoms with Crippen LogP contribution in [0.4, 0.5) is 4.39 Å². The minimum absolute atomic E-state index is 0.152. The van der Waals surface area contributed by atoms with Crippen LogP contribution in [-0.4, -0.2) is 24.3 Å². The van der Waals surface area contributed by atoms with E-state index < -0.39 is 0 Å². The maximum absolute atomic E-state index is 13.6. The van der Waals surface area contributed by atoms with Gasteiger partial charge in [-0.2, -0.15) is 0 Å². The predicted octanol–water partition coefficient (Wildman–Crippen LogP) is 3.21. The Labute approximate surface area is 126 Å². The lowest BCUT2D eigenvalue weighted by Crippen LogP contribution is -2.15. The van der Waals surface area contributed by atoms with Gasteiger partial charge in [-0.05, 0) is 32.0 Å². The monoisotopic (exact) mass is 307 g/mol. The van der Waals surface area contributed by atoms with E-state index in [1.165, 1.54) is 12.1 Å². The molecule has 1 aromatic carbocycles. The molecule has 21 heavy (non-hydrogen) atoms. The van der Waals surface area contributed by atoms with Crippen LogP contribution in [0.5, 0.6) is 0 Å². The molecule has 0 amide bonds. The summed E-state index contributed by atoms with van der Waals surface area (Å²) in [6, 6.07) is 4.38. The van der Waals surface area contributed by atoms with Gasteiger partial charge in [-0.3, -0.25) is 0 Å². The summed E-state index contributed by atoms with van der Waals surface area (Å²) in [5.41, 5.74) is 1.42. The fraction of sp³-hybridized carbons (Fsp3) is 0.357. The molecule has 0 aliphatic rings. The zero-order valence-electron chi connectivity index (χ0n) is 12.0. The number of rotatable bonds is 3. The number of nitrogens with zero attached hydrogens (tertiary/aromatic N) is 5. The molecule has 2 aromatic heterocycles. The minimum Gasteiger partial charge on any atom is -0.319 e. The van der Waals surface area contributed by atoms with Crippen molar-refractivity contribution in [2.45, 2.75) is 25.3 Å². The molecule has 0 aliphatic heterocycles. The Balaban J connectivity index is 2.26. The predicted molar refractivity (Wildman–Crippen MR) is 78.8 cm³/mol. The summed E-state index contributed by atoms with van der Waals surface area (Å²) >= 11 is 6.24. The summed E-state index contributed by atoms with van der Waals surface area (Å²) < 4.78 is 17.4. The Morgan fingerprint density at radius 1 is 1.24 bits per heavy atom. The van der Waals surface area contributed by atoms with Gasteiger partial charge in [0.05, 0.1) is 22.5 Å². The molecule has 7 heteroatoms. The first-order valence-electron chi connectivity index (χ1n) is 6.64. The van der Waals surface area contributed by atoms with Crippen LogP contribution in [0.15, 0.2) is 24.5 Å². The van der Waals surface area contributed by atoms with Crippen molar-refractivity contribution in [2.75, 3.05) is 0 Å². The molecular weight excluding hydrogens is 293 g/mol. The molecule has 2 heterocycles. The lowest BCUT2D eigenvalue weighted by Gasteiger charge is -2.17. The lowest BCUT2D eigenvalue weighted by atomic mass is 10.2. The normalized spacial score (nSPS) is 14.5. The number of halogens is 2. The van der Waals surface area contributed by atoms with E-state index in [1.807, 2.05) is 30.0 Å². The van der Waals surface area contributed by atoms with E-state index in [-0.39, 0.29) is 17.2 Å². The fourth-order valence-electron chi connectivity index (χ4n) is 2.56. The van der Waals surface area contributed by atoms with Crippen LogP contribution < -0.4 is 0 Å². The molecule has 3 rings (SSSR count). The van der Waals surface area contributed by atoms with Crippen molar-refractivity contribution in [1.82, 2.24) is 24.3 Å². The number of imidazole rings is 1. The molecule has 0 fully saturated rings. The van der Waals surface area contributed by atoms with Gasteiger partial charge in [0.25, 0.3) is 0 Å². The number of hydrogen-bond donors (Lipinski definition) is 0. The summed E-state index contributed by atoms with van der Waals surface area (Å²) in [5, 5.41) is 7.73. The minimum atomic E-state index is -0.303. The van der Waals surface area contributed by atoms with Crippen molar-refractivity contribution in [1.29, 1.82) is 0 Å². The van der Waals surface area contributed by atoms with Crippen LogP contribution in [0.1, 0.15) is 36.9 Å². The quantitative estimate of drug-likeness (QED) is 0.698. The highest BCUT2D eigenvalue weighted by Gasteiger charge is 2.23. The molecule has 110 valence electrons. The number of aromatic nitrogens is 5. The number of hydrogen-bond acceptors (Lipinski definition) is 3. The average molecular weight is 308 g/mol. The molecule has 3 aromatic rings. The SMILES string of the molecule is CC(Cl)c1nc2ccc(F)cc2n1C(C)c1nncn1C. The first kappa shape index (κ1) is 14.0. The van der Waals surface area contributed by atoms with Crippen LogP contribution >= 0.6 is 11.6 Å². The van der Waals surface area contributed by atoms with Crippen LogP contribution in [0, 0.1) is 5.82 Å². The van der Waals surface area contributed by atoms with Crippen LogP contribution in [-0.2, 0) is 7.05 Å². The molecule has 0 spiro atoms. The summed E-state index contributed by atoms with van der Waals surface area (Å²) in [6.07, 6.45) is 1.63. The number of benzene rings is 1. The Morgan fingerprint density at radius 2 is 2.00 bits per heavy atom. The summed E-state index contributed by atoms with van der Waals surface area (Å²) in [5.74, 6) is 1.15. The van der Waals surface area contributed by atoms with E-state index in [0.717, 1.165) is 5.82 Å². The van der Waals surface area contributed by atoms with Gasteiger partial charge in [0.15, 0.2) is 5.82 Å². The van der Waals surface area contributed by atoms with Crippen molar-refractivity contribution >= 4 is 22.6 Å².